The molecule has 0 bridgehead atoms. The number of aromatic nitrogens is 1. The van der Waals surface area contributed by atoms with Crippen LogP contribution < -0.4 is 10.2 Å². The summed E-state index contributed by atoms with van der Waals surface area (Å²) < 4.78 is 12.4. The van der Waals surface area contributed by atoms with Crippen LogP contribution in [0.1, 0.15) is 10.4 Å². The number of fused-ring (bicyclic) bond motifs is 2. The molecule has 4 rings (SSSR count). The van der Waals surface area contributed by atoms with Gasteiger partial charge in [-0.1, -0.05) is 41.1 Å². The van der Waals surface area contributed by atoms with Gasteiger partial charge in [0.15, 0.2) is 4.80 Å². The Bertz CT molecular complexity index is 1400. The molecule has 4 aromatic rings. The number of amides is 1. The van der Waals surface area contributed by atoms with Crippen LogP contribution in [-0.4, -0.2) is 23.6 Å². The Morgan fingerprint density at radius 2 is 2.00 bits per heavy atom. The Labute approximate surface area is 172 Å². The third kappa shape index (κ3) is 3.48. The molecule has 0 spiro atoms. The van der Waals surface area contributed by atoms with Crippen molar-refractivity contribution in [3.63, 3.8) is 0 Å². The molecule has 0 aliphatic rings. The number of esters is 1. The molecule has 0 aliphatic heterocycles. The summed E-state index contributed by atoms with van der Waals surface area (Å²) in [7, 11) is 1.27. The number of carbonyl (C=O) groups excluding carboxylic acids is 2. The average Bonchev–Trinajstić information content (AvgIpc) is 3.06. The van der Waals surface area contributed by atoms with E-state index < -0.39 is 17.3 Å². The molecule has 7 nitrogen and oxygen atoms in total. The second kappa shape index (κ2) is 7.65. The number of nitrogens with zero attached hydrogens (tertiary/aromatic N) is 2. The van der Waals surface area contributed by atoms with Crippen LogP contribution in [-0.2, 0) is 16.1 Å². The minimum absolute atomic E-state index is 0.182. The molecule has 29 heavy (non-hydrogen) atoms. The van der Waals surface area contributed by atoms with Crippen molar-refractivity contribution in [2.24, 2.45) is 4.99 Å². The van der Waals surface area contributed by atoms with E-state index in [4.69, 9.17) is 20.8 Å². The Morgan fingerprint density at radius 3 is 2.79 bits per heavy atom. The standard InChI is InChI=1S/C20H13ClN2O5S/c1-27-16(24)9-23-17-13(21)6-4-8-15(17)29-20(23)22-19(26)12-10-28-14-7-3-2-5-11(14)18(12)25/h2-8,10H,9H2,1H3. The van der Waals surface area contributed by atoms with Gasteiger partial charge in [-0.25, -0.2) is 0 Å². The van der Waals surface area contributed by atoms with Gasteiger partial charge in [0, 0.05) is 0 Å². The lowest BCUT2D eigenvalue weighted by molar-refractivity contribution is -0.141. The van der Waals surface area contributed by atoms with Gasteiger partial charge in [-0.3, -0.25) is 14.4 Å². The van der Waals surface area contributed by atoms with E-state index in [9.17, 15) is 14.4 Å². The number of carbonyl (C=O) groups is 2. The van der Waals surface area contributed by atoms with Gasteiger partial charge in [0.25, 0.3) is 5.91 Å². The van der Waals surface area contributed by atoms with E-state index in [-0.39, 0.29) is 22.3 Å². The van der Waals surface area contributed by atoms with E-state index in [1.54, 1.807) is 42.5 Å². The number of ether oxygens (including phenoxy) is 1. The van der Waals surface area contributed by atoms with E-state index in [1.807, 2.05) is 0 Å². The third-order valence-corrected chi connectivity index (χ3v) is 5.62. The van der Waals surface area contributed by atoms with E-state index in [1.165, 1.54) is 23.0 Å². The number of benzene rings is 2. The topological polar surface area (TPSA) is 90.9 Å². The van der Waals surface area contributed by atoms with Gasteiger partial charge in [0.2, 0.25) is 5.43 Å². The van der Waals surface area contributed by atoms with Crippen LogP contribution >= 0.6 is 22.9 Å². The van der Waals surface area contributed by atoms with Crippen molar-refractivity contribution < 1.29 is 18.7 Å². The van der Waals surface area contributed by atoms with Gasteiger partial charge in [-0.15, -0.1) is 0 Å². The normalized spacial score (nSPS) is 11.9. The van der Waals surface area contributed by atoms with Crippen LogP contribution in [0.5, 0.6) is 0 Å². The molecule has 0 saturated carbocycles. The zero-order chi connectivity index (χ0) is 20.5. The van der Waals surface area contributed by atoms with Gasteiger partial charge in [-0.2, -0.15) is 4.99 Å². The lowest BCUT2D eigenvalue weighted by Crippen LogP contribution is -2.23. The van der Waals surface area contributed by atoms with Crippen molar-refractivity contribution in [2.45, 2.75) is 6.54 Å². The quantitative estimate of drug-likeness (QED) is 0.466. The molecule has 9 heteroatoms. The molecule has 1 amide bonds. The van der Waals surface area contributed by atoms with Crippen molar-refractivity contribution in [3.05, 3.63) is 74.3 Å². The Kier molecular flexibility index (Phi) is 5.04. The highest BCUT2D eigenvalue weighted by Crippen LogP contribution is 2.25. The molecule has 0 unspecified atom stereocenters. The molecule has 2 heterocycles. The summed E-state index contributed by atoms with van der Waals surface area (Å²) in [5.74, 6) is -1.30. The maximum Gasteiger partial charge on any atom is 0.325 e. The number of thiazole rings is 1. The summed E-state index contributed by atoms with van der Waals surface area (Å²) >= 11 is 7.46. The second-order valence-electron chi connectivity index (χ2n) is 6.03. The number of halogens is 1. The van der Waals surface area contributed by atoms with Crippen molar-refractivity contribution >= 4 is 56.0 Å². The first-order valence-electron chi connectivity index (χ1n) is 8.44. The zero-order valence-corrected chi connectivity index (χ0v) is 16.6. The highest BCUT2D eigenvalue weighted by Gasteiger charge is 2.17. The van der Waals surface area contributed by atoms with Crippen LogP contribution in [0.3, 0.4) is 0 Å². The fourth-order valence-corrected chi connectivity index (χ4v) is 4.27. The summed E-state index contributed by atoms with van der Waals surface area (Å²) in [4.78, 5) is 41.6. The smallest absolute Gasteiger partial charge is 0.325 e. The van der Waals surface area contributed by atoms with Gasteiger partial charge in [0.1, 0.15) is 24.0 Å². The second-order valence-corrected chi connectivity index (χ2v) is 7.44. The molecule has 2 aromatic heterocycles. The van der Waals surface area contributed by atoms with Crippen molar-refractivity contribution in [1.82, 2.24) is 4.57 Å². The molecule has 0 radical (unpaired) electrons. The fourth-order valence-electron chi connectivity index (χ4n) is 2.89. The van der Waals surface area contributed by atoms with E-state index in [2.05, 4.69) is 4.99 Å². The lowest BCUT2D eigenvalue weighted by atomic mass is 10.2. The average molecular weight is 429 g/mol. The largest absolute Gasteiger partial charge is 0.468 e. The summed E-state index contributed by atoms with van der Waals surface area (Å²) in [5.41, 5.74) is 0.265. The predicted octanol–water partition coefficient (Wildman–Crippen LogP) is 3.38. The Balaban J connectivity index is 1.90. The molecule has 2 aromatic carbocycles. The third-order valence-electron chi connectivity index (χ3n) is 4.27. The number of para-hydroxylation sites is 2. The first-order valence-corrected chi connectivity index (χ1v) is 9.63. The van der Waals surface area contributed by atoms with Gasteiger partial charge in [0.05, 0.1) is 27.7 Å². The zero-order valence-electron chi connectivity index (χ0n) is 15.0. The number of rotatable bonds is 3. The van der Waals surface area contributed by atoms with Crippen LogP contribution in [0, 0.1) is 0 Å². The maximum absolute atomic E-state index is 12.8. The fraction of sp³-hybridized carbons (Fsp3) is 0.100. The highest BCUT2D eigenvalue weighted by molar-refractivity contribution is 7.16. The van der Waals surface area contributed by atoms with Crippen molar-refractivity contribution in [2.75, 3.05) is 7.11 Å². The summed E-state index contributed by atoms with van der Waals surface area (Å²) in [6, 6.07) is 11.9. The molecule has 0 N–H and O–H groups in total. The molecule has 0 saturated heterocycles. The number of hydrogen-bond acceptors (Lipinski definition) is 6. The highest BCUT2D eigenvalue weighted by atomic mass is 35.5. The number of hydrogen-bond donors (Lipinski definition) is 0. The van der Waals surface area contributed by atoms with Crippen molar-refractivity contribution in [3.8, 4) is 0 Å². The van der Waals surface area contributed by atoms with Gasteiger partial charge in [-0.05, 0) is 24.3 Å². The first-order chi connectivity index (χ1) is 14.0. The van der Waals surface area contributed by atoms with E-state index in [0.717, 1.165) is 11.0 Å². The Morgan fingerprint density at radius 1 is 1.21 bits per heavy atom. The van der Waals surface area contributed by atoms with Crippen molar-refractivity contribution in [1.29, 1.82) is 0 Å². The van der Waals surface area contributed by atoms with Crippen LogP contribution in [0.15, 0.2) is 62.9 Å². The minimum atomic E-state index is -0.772. The molecule has 0 atom stereocenters. The van der Waals surface area contributed by atoms with Crippen LogP contribution in [0.25, 0.3) is 21.2 Å². The monoisotopic (exact) mass is 428 g/mol. The lowest BCUT2D eigenvalue weighted by Gasteiger charge is -2.04. The minimum Gasteiger partial charge on any atom is -0.468 e. The SMILES string of the molecule is COC(=O)Cn1c(=NC(=O)c2coc3ccccc3c2=O)sc2cccc(Cl)c21. The Hall–Kier alpha value is -3.23. The molecular formula is C20H13ClN2O5S. The van der Waals surface area contributed by atoms with Gasteiger partial charge < -0.3 is 13.7 Å². The maximum atomic E-state index is 12.8. The molecule has 146 valence electrons. The van der Waals surface area contributed by atoms with Crippen LogP contribution in [0.4, 0.5) is 0 Å². The molecule has 0 aliphatic carbocycles. The van der Waals surface area contributed by atoms with Crippen LogP contribution in [0.2, 0.25) is 5.02 Å². The molecule has 0 fully saturated rings. The van der Waals surface area contributed by atoms with Gasteiger partial charge >= 0.3 is 5.97 Å². The first kappa shape index (κ1) is 19.1. The molecular weight excluding hydrogens is 416 g/mol. The summed E-state index contributed by atoms with van der Waals surface area (Å²) in [6.07, 6.45) is 1.10. The van der Waals surface area contributed by atoms with E-state index in [0.29, 0.717) is 16.1 Å². The van der Waals surface area contributed by atoms with E-state index >= 15 is 0 Å². The predicted molar refractivity (Wildman–Crippen MR) is 109 cm³/mol. The summed E-state index contributed by atoms with van der Waals surface area (Å²) in [5, 5.41) is 0.692. The summed E-state index contributed by atoms with van der Waals surface area (Å²) in [6.45, 7) is -0.182. The number of methoxy groups -OCH3 is 1.